The van der Waals surface area contributed by atoms with Crippen molar-refractivity contribution >= 4 is 40.3 Å². The molecule has 0 bridgehead atoms. The molecule has 5 heteroatoms. The number of amides is 1. The number of hydrogen-bond acceptors (Lipinski definition) is 3. The van der Waals surface area contributed by atoms with Gasteiger partial charge in [0.05, 0.1) is 4.91 Å². The zero-order valence-corrected chi connectivity index (χ0v) is 23.0. The lowest BCUT2D eigenvalue weighted by Crippen LogP contribution is -2.48. The van der Waals surface area contributed by atoms with E-state index in [-0.39, 0.29) is 17.4 Å². The van der Waals surface area contributed by atoms with E-state index in [1.54, 1.807) is 11.8 Å². The summed E-state index contributed by atoms with van der Waals surface area (Å²) in [6.45, 7) is 5.24. The van der Waals surface area contributed by atoms with E-state index in [4.69, 9.17) is 0 Å². The second-order valence-electron chi connectivity index (χ2n) is 10.7. The highest BCUT2D eigenvalue weighted by atomic mass is 32.2. The van der Waals surface area contributed by atoms with Gasteiger partial charge in [0.1, 0.15) is 0 Å². The normalized spacial score (nSPS) is 22.9. The van der Waals surface area contributed by atoms with Gasteiger partial charge >= 0.3 is 0 Å². The molecule has 194 valence electrons. The second kappa shape index (κ2) is 10.7. The van der Waals surface area contributed by atoms with Gasteiger partial charge in [0, 0.05) is 40.9 Å². The number of carbonyl (C=O) groups excluding carboxylic acids is 1. The monoisotopic (exact) mass is 521 g/mol. The first-order chi connectivity index (χ1) is 18.6. The first-order valence-electron chi connectivity index (χ1n) is 13.7. The van der Waals surface area contributed by atoms with Gasteiger partial charge in [-0.25, -0.2) is 0 Å². The number of carbonyl (C=O) groups is 1. The van der Waals surface area contributed by atoms with Crippen LogP contribution < -0.4 is 5.32 Å². The zero-order valence-electron chi connectivity index (χ0n) is 22.1. The van der Waals surface area contributed by atoms with Gasteiger partial charge in [-0.15, -0.1) is 0 Å². The van der Waals surface area contributed by atoms with Crippen molar-refractivity contribution in [2.45, 2.75) is 57.6 Å². The minimum Gasteiger partial charge on any atom is -0.356 e. The molecule has 1 N–H and O–H groups in total. The predicted molar refractivity (Wildman–Crippen MR) is 160 cm³/mol. The maximum atomic E-state index is 14.0. The lowest BCUT2D eigenvalue weighted by atomic mass is 9.85. The van der Waals surface area contributed by atoms with Crippen LogP contribution in [0.25, 0.3) is 17.0 Å². The number of benzene rings is 3. The standard InChI is InChI=1S/C33H35N3OS/c1-23-11-10-13-25(19-23)21-35-22-26(28-16-7-9-18-30(28)35)20-31-32(37)36(29-17-8-6-12-24(29)2)33(38-31)34-27-14-4-3-5-15-27/h3-5,7,9-11,13-16,18-20,22,24,29,33-34H,6,8,12,17,21H2,1-2H3/b31-20-/t24-,29+,33?/m1/s1. The van der Waals surface area contributed by atoms with Crippen molar-refractivity contribution in [3.63, 3.8) is 0 Å². The highest BCUT2D eigenvalue weighted by Gasteiger charge is 2.43. The van der Waals surface area contributed by atoms with Crippen molar-refractivity contribution in [2.75, 3.05) is 5.32 Å². The molecule has 0 spiro atoms. The van der Waals surface area contributed by atoms with Crippen LogP contribution in [0.2, 0.25) is 0 Å². The summed E-state index contributed by atoms with van der Waals surface area (Å²) in [5.41, 5.74) is 5.77. The van der Waals surface area contributed by atoms with E-state index in [2.05, 4.69) is 102 Å². The molecule has 3 aromatic carbocycles. The molecule has 2 fully saturated rings. The van der Waals surface area contributed by atoms with Crippen molar-refractivity contribution in [2.24, 2.45) is 5.92 Å². The second-order valence-corrected chi connectivity index (χ2v) is 11.9. The largest absolute Gasteiger partial charge is 0.356 e. The Balaban J connectivity index is 1.36. The fourth-order valence-corrected chi connectivity index (χ4v) is 7.24. The number of rotatable bonds is 6. The van der Waals surface area contributed by atoms with Gasteiger partial charge in [0.2, 0.25) is 0 Å². The SMILES string of the molecule is Cc1cccc(Cn2cc(/C=C3\SC(Nc4ccccc4)N([C@H]4CCCC[C@H]4C)C3=O)c3ccccc32)c1. The average Bonchev–Trinajstić information content (AvgIpc) is 3.42. The molecule has 4 aromatic rings. The third-order valence-electron chi connectivity index (χ3n) is 7.97. The Labute approximate surface area is 229 Å². The van der Waals surface area contributed by atoms with Crippen LogP contribution in [0.15, 0.2) is 90.0 Å². The number of para-hydroxylation sites is 2. The maximum Gasteiger partial charge on any atom is 0.262 e. The van der Waals surface area contributed by atoms with E-state index < -0.39 is 0 Å². The molecule has 1 aliphatic carbocycles. The van der Waals surface area contributed by atoms with E-state index in [9.17, 15) is 4.79 Å². The highest BCUT2D eigenvalue weighted by molar-refractivity contribution is 8.05. The summed E-state index contributed by atoms with van der Waals surface area (Å²) in [4.78, 5) is 17.0. The Morgan fingerprint density at radius 2 is 1.76 bits per heavy atom. The molecule has 1 saturated heterocycles. The Morgan fingerprint density at radius 3 is 2.58 bits per heavy atom. The van der Waals surface area contributed by atoms with Gasteiger partial charge < -0.3 is 14.8 Å². The van der Waals surface area contributed by atoms with Crippen LogP contribution in [-0.4, -0.2) is 26.9 Å². The van der Waals surface area contributed by atoms with Gasteiger partial charge in [-0.05, 0) is 55.5 Å². The highest BCUT2D eigenvalue weighted by Crippen LogP contribution is 2.42. The number of thioether (sulfide) groups is 1. The van der Waals surface area contributed by atoms with Gasteiger partial charge in [0.15, 0.2) is 5.50 Å². The van der Waals surface area contributed by atoms with E-state index in [1.165, 1.54) is 41.3 Å². The number of anilines is 1. The molecule has 38 heavy (non-hydrogen) atoms. The minimum absolute atomic E-state index is 0.109. The zero-order chi connectivity index (χ0) is 26.1. The Bertz CT molecular complexity index is 1470. The summed E-state index contributed by atoms with van der Waals surface area (Å²) >= 11 is 1.65. The van der Waals surface area contributed by atoms with Crippen molar-refractivity contribution in [3.8, 4) is 0 Å². The van der Waals surface area contributed by atoms with Crippen molar-refractivity contribution in [1.29, 1.82) is 0 Å². The van der Waals surface area contributed by atoms with Crippen LogP contribution in [0, 0.1) is 12.8 Å². The van der Waals surface area contributed by atoms with Gasteiger partial charge in [-0.2, -0.15) is 0 Å². The number of hydrogen-bond donors (Lipinski definition) is 1. The predicted octanol–water partition coefficient (Wildman–Crippen LogP) is 7.89. The Hall–Kier alpha value is -3.44. The minimum atomic E-state index is -0.109. The molecule has 2 heterocycles. The molecule has 4 nitrogen and oxygen atoms in total. The first kappa shape index (κ1) is 24.9. The molecule has 0 radical (unpaired) electrons. The number of aryl methyl sites for hydroxylation is 1. The molecule has 1 aromatic heterocycles. The summed E-state index contributed by atoms with van der Waals surface area (Å²) in [6, 6.07) is 27.7. The third-order valence-corrected chi connectivity index (χ3v) is 9.08. The summed E-state index contributed by atoms with van der Waals surface area (Å²) in [6.07, 6.45) is 9.03. The van der Waals surface area contributed by atoms with Gasteiger partial charge in [-0.3, -0.25) is 4.79 Å². The fraction of sp³-hybridized carbons (Fsp3) is 0.303. The van der Waals surface area contributed by atoms with Crippen LogP contribution in [0.5, 0.6) is 0 Å². The number of fused-ring (bicyclic) bond motifs is 1. The molecule has 3 atom stereocenters. The number of aromatic nitrogens is 1. The summed E-state index contributed by atoms with van der Waals surface area (Å²) in [7, 11) is 0. The lowest BCUT2D eigenvalue weighted by Gasteiger charge is -2.39. The summed E-state index contributed by atoms with van der Waals surface area (Å²) < 4.78 is 2.31. The molecular weight excluding hydrogens is 486 g/mol. The fourth-order valence-electron chi connectivity index (χ4n) is 6.04. The van der Waals surface area contributed by atoms with Crippen molar-refractivity contribution < 1.29 is 4.79 Å². The molecule has 1 saturated carbocycles. The first-order valence-corrected chi connectivity index (χ1v) is 14.6. The Morgan fingerprint density at radius 1 is 0.974 bits per heavy atom. The van der Waals surface area contributed by atoms with Gasteiger partial charge in [0.25, 0.3) is 5.91 Å². The smallest absolute Gasteiger partial charge is 0.262 e. The summed E-state index contributed by atoms with van der Waals surface area (Å²) in [5.74, 6) is 0.654. The van der Waals surface area contributed by atoms with Crippen LogP contribution in [0.1, 0.15) is 49.3 Å². The molecule has 2 aliphatic rings. The molecule has 6 rings (SSSR count). The average molecular weight is 522 g/mol. The third kappa shape index (κ3) is 5.00. The van der Waals surface area contributed by atoms with E-state index >= 15 is 0 Å². The van der Waals surface area contributed by atoms with Crippen LogP contribution in [0.3, 0.4) is 0 Å². The maximum absolute atomic E-state index is 14.0. The van der Waals surface area contributed by atoms with Crippen molar-refractivity contribution in [1.82, 2.24) is 9.47 Å². The number of nitrogens with zero attached hydrogens (tertiary/aromatic N) is 2. The Kier molecular flexibility index (Phi) is 7.03. The van der Waals surface area contributed by atoms with Crippen molar-refractivity contribution in [3.05, 3.63) is 107 Å². The lowest BCUT2D eigenvalue weighted by molar-refractivity contribution is -0.129. The molecule has 1 aliphatic heterocycles. The molecule has 1 amide bonds. The quantitative estimate of drug-likeness (QED) is 0.262. The van der Waals surface area contributed by atoms with Crippen LogP contribution in [-0.2, 0) is 11.3 Å². The number of nitrogens with one attached hydrogen (secondary N) is 1. The summed E-state index contributed by atoms with van der Waals surface area (Å²) in [5, 5.41) is 4.84. The topological polar surface area (TPSA) is 37.3 Å². The molecular formula is C33H35N3OS. The van der Waals surface area contributed by atoms with Crippen LogP contribution in [0.4, 0.5) is 5.69 Å². The molecule has 1 unspecified atom stereocenters. The van der Waals surface area contributed by atoms with Gasteiger partial charge in [-0.1, -0.05) is 97.8 Å². The van der Waals surface area contributed by atoms with E-state index in [0.717, 1.165) is 29.1 Å². The van der Waals surface area contributed by atoms with E-state index in [1.807, 2.05) is 18.2 Å². The van der Waals surface area contributed by atoms with E-state index in [0.29, 0.717) is 5.92 Å². The van der Waals surface area contributed by atoms with Crippen LogP contribution >= 0.6 is 11.8 Å².